The van der Waals surface area contributed by atoms with Gasteiger partial charge in [0.15, 0.2) is 11.5 Å². The number of rotatable bonds is 5. The van der Waals surface area contributed by atoms with Crippen molar-refractivity contribution >= 4 is 5.82 Å². The zero-order valence-electron chi connectivity index (χ0n) is 12.5. The molecule has 2 fully saturated rings. The van der Waals surface area contributed by atoms with Crippen LogP contribution in [0.1, 0.15) is 18.5 Å². The lowest BCUT2D eigenvalue weighted by Gasteiger charge is -2.35. The third-order valence-corrected chi connectivity index (χ3v) is 4.55. The molecule has 6 heteroatoms. The standard InChI is InChI=1S/C15H22N6/c1-20-6-8-21(9-7-20)12-15(2-3-15)11-19-14-13(10-16)17-4-5-18-14/h4-5H,2-3,6-9,11-12H2,1H3,(H,18,19). The van der Waals surface area contributed by atoms with Gasteiger partial charge in [0.05, 0.1) is 0 Å². The number of hydrogen-bond acceptors (Lipinski definition) is 6. The fourth-order valence-corrected chi connectivity index (χ4v) is 2.87. The van der Waals surface area contributed by atoms with E-state index in [4.69, 9.17) is 5.26 Å². The van der Waals surface area contributed by atoms with Crippen LogP contribution >= 0.6 is 0 Å². The summed E-state index contributed by atoms with van der Waals surface area (Å²) in [6.45, 7) is 6.67. The Morgan fingerprint density at radius 1 is 1.24 bits per heavy atom. The molecule has 1 aliphatic carbocycles. The minimum absolute atomic E-state index is 0.361. The van der Waals surface area contributed by atoms with Crippen molar-refractivity contribution in [3.05, 3.63) is 18.1 Å². The van der Waals surface area contributed by atoms with Crippen LogP contribution in [0.2, 0.25) is 0 Å². The first-order chi connectivity index (χ1) is 10.2. The monoisotopic (exact) mass is 286 g/mol. The molecule has 1 saturated carbocycles. The van der Waals surface area contributed by atoms with E-state index in [1.165, 1.54) is 12.8 Å². The topological polar surface area (TPSA) is 68.1 Å². The van der Waals surface area contributed by atoms with Gasteiger partial charge in [-0.3, -0.25) is 0 Å². The summed E-state index contributed by atoms with van der Waals surface area (Å²) in [7, 11) is 2.18. The summed E-state index contributed by atoms with van der Waals surface area (Å²) in [6.07, 6.45) is 5.70. The lowest BCUT2D eigenvalue weighted by Crippen LogP contribution is -2.47. The van der Waals surface area contributed by atoms with Crippen LogP contribution < -0.4 is 5.32 Å². The van der Waals surface area contributed by atoms with E-state index in [9.17, 15) is 0 Å². The van der Waals surface area contributed by atoms with E-state index in [-0.39, 0.29) is 0 Å². The Morgan fingerprint density at radius 2 is 1.95 bits per heavy atom. The van der Waals surface area contributed by atoms with Gasteiger partial charge in [0.1, 0.15) is 6.07 Å². The molecule has 0 radical (unpaired) electrons. The third kappa shape index (κ3) is 3.49. The van der Waals surface area contributed by atoms with Crippen LogP contribution in [0.15, 0.2) is 12.4 Å². The molecule has 3 rings (SSSR count). The first-order valence-electron chi connectivity index (χ1n) is 7.57. The van der Waals surface area contributed by atoms with Crippen LogP contribution in [-0.4, -0.2) is 66.1 Å². The molecule has 0 atom stereocenters. The number of anilines is 1. The maximum Gasteiger partial charge on any atom is 0.182 e. The lowest BCUT2D eigenvalue weighted by molar-refractivity contribution is 0.133. The minimum atomic E-state index is 0.361. The summed E-state index contributed by atoms with van der Waals surface area (Å²) in [5, 5.41) is 12.4. The maximum absolute atomic E-state index is 9.04. The Balaban J connectivity index is 1.54. The number of nitrogens with one attached hydrogen (secondary N) is 1. The molecular weight excluding hydrogens is 264 g/mol. The predicted octanol–water partition coefficient (Wildman–Crippen LogP) is 0.788. The molecule has 1 aromatic rings. The van der Waals surface area contributed by atoms with Crippen LogP contribution in [0, 0.1) is 16.7 Å². The smallest absolute Gasteiger partial charge is 0.182 e. The van der Waals surface area contributed by atoms with Gasteiger partial charge in [0.2, 0.25) is 0 Å². The Bertz CT molecular complexity index is 525. The fourth-order valence-electron chi connectivity index (χ4n) is 2.87. The second-order valence-electron chi connectivity index (χ2n) is 6.30. The highest BCUT2D eigenvalue weighted by Gasteiger charge is 2.44. The van der Waals surface area contributed by atoms with Crippen LogP contribution in [0.5, 0.6) is 0 Å². The Hall–Kier alpha value is -1.71. The van der Waals surface area contributed by atoms with Crippen molar-refractivity contribution < 1.29 is 0 Å². The van der Waals surface area contributed by atoms with Crippen molar-refractivity contribution in [1.29, 1.82) is 5.26 Å². The van der Waals surface area contributed by atoms with Gasteiger partial charge >= 0.3 is 0 Å². The highest BCUT2D eigenvalue weighted by molar-refractivity contribution is 5.47. The van der Waals surface area contributed by atoms with Crippen LogP contribution in [0.25, 0.3) is 0 Å². The largest absolute Gasteiger partial charge is 0.367 e. The molecule has 1 N–H and O–H groups in total. The molecule has 1 aromatic heterocycles. The highest BCUT2D eigenvalue weighted by atomic mass is 15.3. The van der Waals surface area contributed by atoms with E-state index in [0.717, 1.165) is 39.3 Å². The van der Waals surface area contributed by atoms with Crippen molar-refractivity contribution in [1.82, 2.24) is 19.8 Å². The zero-order valence-corrected chi connectivity index (χ0v) is 12.5. The SMILES string of the molecule is CN1CCN(CC2(CNc3nccnc3C#N)CC2)CC1. The normalized spacial score (nSPS) is 21.7. The number of likely N-dealkylation sites (N-methyl/N-ethyl adjacent to an activating group) is 1. The predicted molar refractivity (Wildman–Crippen MR) is 80.8 cm³/mol. The minimum Gasteiger partial charge on any atom is -0.367 e. The van der Waals surface area contributed by atoms with Gasteiger partial charge in [-0.05, 0) is 19.9 Å². The average Bonchev–Trinajstić information content (AvgIpc) is 3.28. The molecule has 0 amide bonds. The van der Waals surface area contributed by atoms with Crippen LogP contribution in [-0.2, 0) is 0 Å². The first kappa shape index (κ1) is 14.2. The molecular formula is C15H22N6. The second-order valence-corrected chi connectivity index (χ2v) is 6.30. The Morgan fingerprint density at radius 3 is 2.62 bits per heavy atom. The van der Waals surface area contributed by atoms with Gasteiger partial charge in [0.25, 0.3) is 0 Å². The van der Waals surface area contributed by atoms with Gasteiger partial charge < -0.3 is 15.1 Å². The summed E-state index contributed by atoms with van der Waals surface area (Å²) < 4.78 is 0. The molecule has 0 spiro atoms. The molecule has 1 aliphatic heterocycles. The van der Waals surface area contributed by atoms with Gasteiger partial charge in [-0.1, -0.05) is 0 Å². The molecule has 6 nitrogen and oxygen atoms in total. The van der Waals surface area contributed by atoms with Crippen molar-refractivity contribution in [3.63, 3.8) is 0 Å². The van der Waals surface area contributed by atoms with Gasteiger partial charge in [-0.25, -0.2) is 9.97 Å². The average molecular weight is 286 g/mol. The lowest BCUT2D eigenvalue weighted by atomic mass is 10.1. The van der Waals surface area contributed by atoms with E-state index < -0.39 is 0 Å². The number of hydrogen-bond donors (Lipinski definition) is 1. The summed E-state index contributed by atoms with van der Waals surface area (Å²) in [6, 6.07) is 2.09. The van der Waals surface area contributed by atoms with Crippen molar-refractivity contribution in [3.8, 4) is 6.07 Å². The summed E-state index contributed by atoms with van der Waals surface area (Å²) in [5.74, 6) is 0.615. The van der Waals surface area contributed by atoms with Gasteiger partial charge in [-0.2, -0.15) is 5.26 Å². The molecule has 112 valence electrons. The second kappa shape index (κ2) is 5.96. The Kier molecular flexibility index (Phi) is 4.04. The fraction of sp³-hybridized carbons (Fsp3) is 0.667. The summed E-state index contributed by atoms with van der Waals surface area (Å²) in [5.41, 5.74) is 0.744. The van der Waals surface area contributed by atoms with Crippen molar-refractivity contribution in [2.24, 2.45) is 5.41 Å². The van der Waals surface area contributed by atoms with E-state index >= 15 is 0 Å². The van der Waals surface area contributed by atoms with Crippen molar-refractivity contribution in [2.45, 2.75) is 12.8 Å². The van der Waals surface area contributed by atoms with E-state index in [0.29, 0.717) is 16.9 Å². The molecule has 0 bridgehead atoms. The molecule has 1 saturated heterocycles. The van der Waals surface area contributed by atoms with Crippen molar-refractivity contribution in [2.75, 3.05) is 51.6 Å². The van der Waals surface area contributed by atoms with Crippen LogP contribution in [0.4, 0.5) is 5.82 Å². The Labute approximate surface area is 125 Å². The number of aromatic nitrogens is 2. The summed E-state index contributed by atoms with van der Waals surface area (Å²) >= 11 is 0. The molecule has 0 unspecified atom stereocenters. The van der Waals surface area contributed by atoms with Crippen LogP contribution in [0.3, 0.4) is 0 Å². The van der Waals surface area contributed by atoms with Gasteiger partial charge in [0, 0.05) is 57.1 Å². The summed E-state index contributed by atoms with van der Waals surface area (Å²) in [4.78, 5) is 13.2. The molecule has 2 aliphatic rings. The number of piperazine rings is 1. The number of nitrogens with zero attached hydrogens (tertiary/aromatic N) is 5. The third-order valence-electron chi connectivity index (χ3n) is 4.55. The zero-order chi connectivity index (χ0) is 14.7. The molecule has 21 heavy (non-hydrogen) atoms. The van der Waals surface area contributed by atoms with E-state index in [1.807, 2.05) is 0 Å². The van der Waals surface area contributed by atoms with E-state index in [2.05, 4.69) is 38.2 Å². The quantitative estimate of drug-likeness (QED) is 0.863. The number of nitriles is 1. The maximum atomic E-state index is 9.04. The van der Waals surface area contributed by atoms with E-state index in [1.54, 1.807) is 12.4 Å². The van der Waals surface area contributed by atoms with Gasteiger partial charge in [-0.15, -0.1) is 0 Å². The molecule has 0 aromatic carbocycles. The molecule has 2 heterocycles. The highest BCUT2D eigenvalue weighted by Crippen LogP contribution is 2.46. The first-order valence-corrected chi connectivity index (χ1v) is 7.57.